The van der Waals surface area contributed by atoms with Crippen LogP contribution in [-0.2, 0) is 11.3 Å². The summed E-state index contributed by atoms with van der Waals surface area (Å²) in [5, 5.41) is -1.42. The molecule has 0 atom stereocenters. The third-order valence-corrected chi connectivity index (χ3v) is 4.97. The number of hydrogen-bond acceptors (Lipinski definition) is 2. The van der Waals surface area contributed by atoms with Crippen molar-refractivity contribution in [2.45, 2.75) is 43.5 Å². The van der Waals surface area contributed by atoms with Gasteiger partial charge in [0.2, 0.25) is 0 Å². The average Bonchev–Trinajstić information content (AvgIpc) is 2.68. The minimum absolute atomic E-state index is 0. The molecule has 4 N–H and O–H groups in total. The van der Waals surface area contributed by atoms with E-state index < -0.39 is 62.9 Å². The van der Waals surface area contributed by atoms with Crippen molar-refractivity contribution in [1.82, 2.24) is 0 Å². The predicted molar refractivity (Wildman–Crippen MR) is 108 cm³/mol. The Hall–Kier alpha value is -2.36. The molecule has 0 heterocycles. The molecule has 0 saturated carbocycles. The van der Waals surface area contributed by atoms with Crippen molar-refractivity contribution in [3.05, 3.63) is 57.6 Å². The largest absolute Gasteiger partial charge is 0.435 e. The molecular weight excluding hydrogens is 593 g/mol. The lowest BCUT2D eigenvalue weighted by Gasteiger charge is -2.30. The van der Waals surface area contributed by atoms with E-state index >= 15 is 0 Å². The van der Waals surface area contributed by atoms with Crippen LogP contribution >= 0.6 is 23.2 Å². The second-order valence-corrected chi connectivity index (χ2v) is 7.60. The second-order valence-electron chi connectivity index (χ2n) is 6.78. The van der Waals surface area contributed by atoms with Crippen molar-refractivity contribution in [3.8, 4) is 0 Å². The van der Waals surface area contributed by atoms with Crippen molar-refractivity contribution < 1.29 is 61.5 Å². The number of halogens is 16. The highest BCUT2D eigenvalue weighted by molar-refractivity contribution is 6.38. The maximum Gasteiger partial charge on any atom is 0.435 e. The Labute approximate surface area is 209 Å². The van der Waals surface area contributed by atoms with E-state index in [0.717, 1.165) is 12.1 Å². The molecule has 0 aliphatic rings. The molecule has 37 heavy (non-hydrogen) atoms. The lowest BCUT2D eigenvalue weighted by Crippen LogP contribution is -2.50. The van der Waals surface area contributed by atoms with Gasteiger partial charge in [-0.15, -0.1) is 0 Å². The fourth-order valence-electron chi connectivity index (χ4n) is 2.47. The molecule has 0 amide bonds. The molecule has 0 spiro atoms. The molecule has 0 radical (unpaired) electrons. The SMILES string of the molecule is C.Nc1c(Cl)cc(C(F)(C(F)(F)F)C(F)(F)F)cc1Cl.Nc1ccc(C(F)(C(F)(F)F)C(F)(F)F)cc1. The first-order valence-corrected chi connectivity index (χ1v) is 9.33. The Balaban J connectivity index is 0.000000686. The summed E-state index contributed by atoms with van der Waals surface area (Å²) in [4.78, 5) is 0. The summed E-state index contributed by atoms with van der Waals surface area (Å²) in [6.07, 6.45) is -24.6. The molecule has 0 saturated heterocycles. The standard InChI is InChI=1S/C9H4Cl2F7N.C9H6F7N.CH4/c10-4-1-3(2-5(11)6(4)19)7(12,8(13,14)15)9(16,17)18;10-7(8(11,12)13,9(14,15)16)5-1-3-6(17)4-2-5;/h1-2H,19H2;1-4H,17H2;1H4. The number of hydrogen-bond donors (Lipinski definition) is 2. The van der Waals surface area contributed by atoms with Crippen LogP contribution in [0.15, 0.2) is 36.4 Å². The molecule has 2 aromatic rings. The molecule has 18 heteroatoms. The number of rotatable bonds is 2. The van der Waals surface area contributed by atoms with Gasteiger partial charge in [-0.1, -0.05) is 42.8 Å². The van der Waals surface area contributed by atoms with E-state index in [-0.39, 0.29) is 25.2 Å². The summed E-state index contributed by atoms with van der Waals surface area (Å²) in [6, 6.07) is 2.53. The number of anilines is 2. The average molecular weight is 607 g/mol. The van der Waals surface area contributed by atoms with E-state index in [9.17, 15) is 61.5 Å². The molecule has 212 valence electrons. The van der Waals surface area contributed by atoms with Crippen LogP contribution in [0.25, 0.3) is 0 Å². The van der Waals surface area contributed by atoms with Crippen LogP contribution in [0, 0.1) is 0 Å². The van der Waals surface area contributed by atoms with Crippen molar-refractivity contribution in [2.24, 2.45) is 0 Å². The Morgan fingerprint density at radius 3 is 1.03 bits per heavy atom. The zero-order chi connectivity index (χ0) is 28.7. The highest BCUT2D eigenvalue weighted by Crippen LogP contribution is 2.55. The van der Waals surface area contributed by atoms with E-state index in [1.54, 1.807) is 0 Å². The molecule has 0 aliphatic heterocycles. The third-order valence-electron chi connectivity index (χ3n) is 4.35. The maximum absolute atomic E-state index is 13.6. The quantitative estimate of drug-likeness (QED) is 0.265. The van der Waals surface area contributed by atoms with Gasteiger partial charge >= 0.3 is 36.0 Å². The van der Waals surface area contributed by atoms with Crippen LogP contribution in [0.5, 0.6) is 0 Å². The fourth-order valence-corrected chi connectivity index (χ4v) is 2.96. The minimum Gasteiger partial charge on any atom is -0.399 e. The fraction of sp³-hybridized carbons (Fsp3) is 0.368. The van der Waals surface area contributed by atoms with E-state index in [2.05, 4.69) is 0 Å². The van der Waals surface area contributed by atoms with Crippen LogP contribution in [-0.4, -0.2) is 24.7 Å². The lowest BCUT2D eigenvalue weighted by molar-refractivity contribution is -0.349. The van der Waals surface area contributed by atoms with Gasteiger partial charge in [0.05, 0.1) is 15.7 Å². The molecule has 2 aromatic carbocycles. The third kappa shape index (κ3) is 6.56. The van der Waals surface area contributed by atoms with Gasteiger partial charge in [-0.2, -0.15) is 52.7 Å². The molecule has 0 aliphatic carbocycles. The Morgan fingerprint density at radius 2 is 0.757 bits per heavy atom. The summed E-state index contributed by atoms with van der Waals surface area (Å²) in [5.41, 5.74) is -4.56. The van der Waals surface area contributed by atoms with Gasteiger partial charge in [0.25, 0.3) is 0 Å². The molecular formula is C19H14Cl2F14N2. The van der Waals surface area contributed by atoms with Crippen LogP contribution in [0.2, 0.25) is 10.0 Å². The van der Waals surface area contributed by atoms with Gasteiger partial charge in [-0.25, -0.2) is 8.78 Å². The van der Waals surface area contributed by atoms with Gasteiger partial charge in [-0.05, 0) is 24.3 Å². The molecule has 0 unspecified atom stereocenters. The number of alkyl halides is 14. The zero-order valence-electron chi connectivity index (χ0n) is 16.7. The Morgan fingerprint density at radius 1 is 0.486 bits per heavy atom. The number of nitrogen functional groups attached to an aromatic ring is 2. The molecule has 2 nitrogen and oxygen atoms in total. The summed E-state index contributed by atoms with van der Waals surface area (Å²) < 4.78 is 175. The summed E-state index contributed by atoms with van der Waals surface area (Å²) in [6.45, 7) is 0. The molecule has 0 fully saturated rings. The van der Waals surface area contributed by atoms with Crippen molar-refractivity contribution in [2.75, 3.05) is 11.5 Å². The summed E-state index contributed by atoms with van der Waals surface area (Å²) in [5.74, 6) is 0. The van der Waals surface area contributed by atoms with Gasteiger partial charge < -0.3 is 11.5 Å². The van der Waals surface area contributed by atoms with E-state index in [1.165, 1.54) is 0 Å². The van der Waals surface area contributed by atoms with Gasteiger partial charge in [0.15, 0.2) is 0 Å². The molecule has 0 aromatic heterocycles. The van der Waals surface area contributed by atoms with Crippen molar-refractivity contribution in [1.29, 1.82) is 0 Å². The summed E-state index contributed by atoms with van der Waals surface area (Å²) in [7, 11) is 0. The normalized spacial score (nSPS) is 13.4. The van der Waals surface area contributed by atoms with Crippen molar-refractivity contribution >= 4 is 34.6 Å². The first-order chi connectivity index (χ1) is 15.8. The van der Waals surface area contributed by atoms with Gasteiger partial charge in [0.1, 0.15) is 0 Å². The van der Waals surface area contributed by atoms with Gasteiger partial charge in [0, 0.05) is 16.8 Å². The summed E-state index contributed by atoms with van der Waals surface area (Å²) >= 11 is 10.6. The van der Waals surface area contributed by atoms with Crippen LogP contribution in [0.3, 0.4) is 0 Å². The highest BCUT2D eigenvalue weighted by Gasteiger charge is 2.74. The molecule has 2 rings (SSSR count). The smallest absolute Gasteiger partial charge is 0.399 e. The predicted octanol–water partition coefficient (Wildman–Crippen LogP) is 9.06. The first kappa shape index (κ1) is 34.6. The first-order valence-electron chi connectivity index (χ1n) is 8.58. The lowest BCUT2D eigenvalue weighted by atomic mass is 9.94. The second kappa shape index (κ2) is 10.8. The topological polar surface area (TPSA) is 52.0 Å². The maximum atomic E-state index is 13.6. The zero-order valence-corrected chi connectivity index (χ0v) is 18.2. The van der Waals surface area contributed by atoms with Crippen molar-refractivity contribution in [3.63, 3.8) is 0 Å². The van der Waals surface area contributed by atoms with Crippen LogP contribution in [0.1, 0.15) is 18.6 Å². The van der Waals surface area contributed by atoms with E-state index in [4.69, 9.17) is 34.7 Å². The minimum atomic E-state index is -6.23. The van der Waals surface area contributed by atoms with Crippen LogP contribution in [0.4, 0.5) is 72.8 Å². The highest BCUT2D eigenvalue weighted by atomic mass is 35.5. The van der Waals surface area contributed by atoms with E-state index in [1.807, 2.05) is 0 Å². The number of nitrogens with two attached hydrogens (primary N) is 2. The Kier molecular flexibility index (Phi) is 10.1. The monoisotopic (exact) mass is 606 g/mol. The van der Waals surface area contributed by atoms with E-state index in [0.29, 0.717) is 12.1 Å². The molecule has 0 bridgehead atoms. The number of benzene rings is 2. The Bertz CT molecular complexity index is 1010. The van der Waals surface area contributed by atoms with Gasteiger partial charge in [-0.3, -0.25) is 0 Å². The van der Waals surface area contributed by atoms with Crippen LogP contribution < -0.4 is 11.5 Å².